The SMILES string of the molecule is Cc1cc(Cl)c(C(N)c2cc(F)ccc2C)cc1C. The lowest BCUT2D eigenvalue weighted by Gasteiger charge is -2.18. The number of hydrogen-bond acceptors (Lipinski definition) is 1. The van der Waals surface area contributed by atoms with Crippen LogP contribution in [0.4, 0.5) is 4.39 Å². The van der Waals surface area contributed by atoms with Crippen molar-refractivity contribution in [2.24, 2.45) is 5.73 Å². The Morgan fingerprint density at radius 3 is 2.26 bits per heavy atom. The van der Waals surface area contributed by atoms with Crippen LogP contribution in [-0.2, 0) is 0 Å². The summed E-state index contributed by atoms with van der Waals surface area (Å²) in [7, 11) is 0. The van der Waals surface area contributed by atoms with Crippen LogP contribution in [0.3, 0.4) is 0 Å². The molecule has 0 saturated heterocycles. The molecule has 100 valence electrons. The number of benzene rings is 2. The van der Waals surface area contributed by atoms with Gasteiger partial charge in [0, 0.05) is 5.02 Å². The van der Waals surface area contributed by atoms with Gasteiger partial charge in [-0.15, -0.1) is 0 Å². The van der Waals surface area contributed by atoms with Crippen LogP contribution in [0.15, 0.2) is 30.3 Å². The molecule has 0 saturated carbocycles. The third-order valence-electron chi connectivity index (χ3n) is 3.52. The van der Waals surface area contributed by atoms with Gasteiger partial charge in [0.1, 0.15) is 5.82 Å². The maximum atomic E-state index is 13.4. The molecule has 19 heavy (non-hydrogen) atoms. The number of hydrogen-bond donors (Lipinski definition) is 1. The molecular formula is C16H17ClFN. The average molecular weight is 278 g/mol. The van der Waals surface area contributed by atoms with Crippen molar-refractivity contribution in [2.45, 2.75) is 26.8 Å². The molecule has 3 heteroatoms. The molecule has 2 aromatic rings. The monoisotopic (exact) mass is 277 g/mol. The molecule has 0 aromatic heterocycles. The zero-order valence-electron chi connectivity index (χ0n) is 11.3. The molecule has 0 amide bonds. The minimum Gasteiger partial charge on any atom is -0.320 e. The van der Waals surface area contributed by atoms with Crippen LogP contribution in [0, 0.1) is 26.6 Å². The van der Waals surface area contributed by atoms with Crippen LogP contribution in [-0.4, -0.2) is 0 Å². The molecule has 2 N–H and O–H groups in total. The molecule has 0 aliphatic carbocycles. The molecule has 1 atom stereocenters. The van der Waals surface area contributed by atoms with Crippen LogP contribution in [0.25, 0.3) is 0 Å². The molecule has 0 aliphatic heterocycles. The van der Waals surface area contributed by atoms with E-state index in [-0.39, 0.29) is 5.82 Å². The highest BCUT2D eigenvalue weighted by molar-refractivity contribution is 6.31. The fourth-order valence-electron chi connectivity index (χ4n) is 2.16. The van der Waals surface area contributed by atoms with Gasteiger partial charge in [0.05, 0.1) is 6.04 Å². The Morgan fingerprint density at radius 2 is 1.58 bits per heavy atom. The van der Waals surface area contributed by atoms with E-state index in [1.807, 2.05) is 32.9 Å². The highest BCUT2D eigenvalue weighted by Crippen LogP contribution is 2.30. The Morgan fingerprint density at radius 1 is 0.947 bits per heavy atom. The quantitative estimate of drug-likeness (QED) is 0.862. The van der Waals surface area contributed by atoms with Crippen molar-refractivity contribution in [3.8, 4) is 0 Å². The molecule has 1 unspecified atom stereocenters. The van der Waals surface area contributed by atoms with Gasteiger partial charge in [-0.2, -0.15) is 0 Å². The Bertz CT molecular complexity index is 622. The van der Waals surface area contributed by atoms with Gasteiger partial charge in [-0.3, -0.25) is 0 Å². The second-order valence-electron chi connectivity index (χ2n) is 4.94. The predicted octanol–water partition coefficient (Wildman–Crippen LogP) is 4.45. The van der Waals surface area contributed by atoms with E-state index < -0.39 is 6.04 Å². The molecule has 0 spiro atoms. The Kier molecular flexibility index (Phi) is 3.93. The van der Waals surface area contributed by atoms with E-state index in [9.17, 15) is 4.39 Å². The van der Waals surface area contributed by atoms with Crippen molar-refractivity contribution in [3.63, 3.8) is 0 Å². The van der Waals surface area contributed by atoms with E-state index in [4.69, 9.17) is 17.3 Å². The first-order valence-electron chi connectivity index (χ1n) is 6.18. The second kappa shape index (κ2) is 5.32. The highest BCUT2D eigenvalue weighted by atomic mass is 35.5. The van der Waals surface area contributed by atoms with E-state index in [2.05, 4.69) is 0 Å². The fourth-order valence-corrected chi connectivity index (χ4v) is 2.49. The van der Waals surface area contributed by atoms with Gasteiger partial charge in [-0.1, -0.05) is 23.7 Å². The lowest BCUT2D eigenvalue weighted by atomic mass is 9.93. The molecule has 0 heterocycles. The zero-order chi connectivity index (χ0) is 14.2. The first kappa shape index (κ1) is 14.0. The maximum Gasteiger partial charge on any atom is 0.123 e. The van der Waals surface area contributed by atoms with Gasteiger partial charge in [0.25, 0.3) is 0 Å². The second-order valence-corrected chi connectivity index (χ2v) is 5.34. The molecule has 2 rings (SSSR count). The van der Waals surface area contributed by atoms with E-state index in [0.717, 1.165) is 27.8 Å². The molecule has 0 bridgehead atoms. The number of nitrogens with two attached hydrogens (primary N) is 1. The zero-order valence-corrected chi connectivity index (χ0v) is 12.1. The van der Waals surface area contributed by atoms with Gasteiger partial charge in [0.2, 0.25) is 0 Å². The minimum atomic E-state index is -0.414. The van der Waals surface area contributed by atoms with Crippen LogP contribution < -0.4 is 5.73 Å². The summed E-state index contributed by atoms with van der Waals surface area (Å²) < 4.78 is 13.4. The lowest BCUT2D eigenvalue weighted by Crippen LogP contribution is -2.14. The number of halogens is 2. The van der Waals surface area contributed by atoms with Gasteiger partial charge < -0.3 is 5.73 Å². The predicted molar refractivity (Wildman–Crippen MR) is 78.1 cm³/mol. The van der Waals surface area contributed by atoms with Gasteiger partial charge in [-0.25, -0.2) is 4.39 Å². The lowest BCUT2D eigenvalue weighted by molar-refractivity contribution is 0.622. The summed E-state index contributed by atoms with van der Waals surface area (Å²) in [5, 5.41) is 0.624. The van der Waals surface area contributed by atoms with Crippen LogP contribution >= 0.6 is 11.6 Å². The third-order valence-corrected chi connectivity index (χ3v) is 3.85. The largest absolute Gasteiger partial charge is 0.320 e. The summed E-state index contributed by atoms with van der Waals surface area (Å²) in [6.45, 7) is 5.94. The topological polar surface area (TPSA) is 26.0 Å². The van der Waals surface area contributed by atoms with Crippen LogP contribution in [0.5, 0.6) is 0 Å². The van der Waals surface area contributed by atoms with Gasteiger partial charge in [-0.05, 0) is 66.8 Å². The third kappa shape index (κ3) is 2.80. The highest BCUT2D eigenvalue weighted by Gasteiger charge is 2.16. The molecule has 2 aromatic carbocycles. The van der Waals surface area contributed by atoms with Crippen LogP contribution in [0.2, 0.25) is 5.02 Å². The normalized spacial score (nSPS) is 12.5. The van der Waals surface area contributed by atoms with Crippen molar-refractivity contribution in [3.05, 3.63) is 69.0 Å². The van der Waals surface area contributed by atoms with Crippen LogP contribution in [0.1, 0.15) is 33.9 Å². The summed E-state index contributed by atoms with van der Waals surface area (Å²) in [4.78, 5) is 0. The standard InChI is InChI=1S/C16H17ClFN/c1-9-4-5-12(18)8-13(9)16(19)14-6-10(2)11(3)7-15(14)17/h4-8,16H,19H2,1-3H3. The van der Waals surface area contributed by atoms with Crippen molar-refractivity contribution in [1.82, 2.24) is 0 Å². The molecule has 0 radical (unpaired) electrons. The Labute approximate surface area is 118 Å². The van der Waals surface area contributed by atoms with Gasteiger partial charge in [0.15, 0.2) is 0 Å². The summed E-state index contributed by atoms with van der Waals surface area (Å²) in [6, 6.07) is 8.12. The summed E-state index contributed by atoms with van der Waals surface area (Å²) in [5.41, 5.74) is 11.1. The van der Waals surface area contributed by atoms with E-state index in [1.165, 1.54) is 12.1 Å². The molecule has 1 nitrogen and oxygen atoms in total. The first-order valence-corrected chi connectivity index (χ1v) is 6.56. The van der Waals surface area contributed by atoms with E-state index in [1.54, 1.807) is 6.07 Å². The van der Waals surface area contributed by atoms with Gasteiger partial charge >= 0.3 is 0 Å². The molecule has 0 aliphatic rings. The fraction of sp³-hybridized carbons (Fsp3) is 0.250. The maximum absolute atomic E-state index is 13.4. The average Bonchev–Trinajstić information content (AvgIpc) is 2.36. The summed E-state index contributed by atoms with van der Waals surface area (Å²) in [6.07, 6.45) is 0. The smallest absolute Gasteiger partial charge is 0.123 e. The van der Waals surface area contributed by atoms with Crippen molar-refractivity contribution < 1.29 is 4.39 Å². The van der Waals surface area contributed by atoms with Crippen molar-refractivity contribution in [1.29, 1.82) is 0 Å². The van der Waals surface area contributed by atoms with Crippen molar-refractivity contribution in [2.75, 3.05) is 0 Å². The van der Waals surface area contributed by atoms with Crippen molar-refractivity contribution >= 4 is 11.6 Å². The first-order chi connectivity index (χ1) is 8.90. The number of rotatable bonds is 2. The summed E-state index contributed by atoms with van der Waals surface area (Å²) in [5.74, 6) is -0.281. The molecule has 0 fully saturated rings. The Hall–Kier alpha value is -1.38. The molecular weight excluding hydrogens is 261 g/mol. The van der Waals surface area contributed by atoms with E-state index in [0.29, 0.717) is 5.02 Å². The summed E-state index contributed by atoms with van der Waals surface area (Å²) >= 11 is 6.26. The van der Waals surface area contributed by atoms with E-state index >= 15 is 0 Å². The Balaban J connectivity index is 2.52. The number of aryl methyl sites for hydroxylation is 3. The minimum absolute atomic E-state index is 0.281.